The molecule has 33 heavy (non-hydrogen) atoms. The molecule has 2 aliphatic heterocycles. The van der Waals surface area contributed by atoms with Crippen molar-refractivity contribution in [1.29, 1.82) is 0 Å². The van der Waals surface area contributed by atoms with Crippen LogP contribution in [0.1, 0.15) is 18.4 Å². The van der Waals surface area contributed by atoms with E-state index in [0.29, 0.717) is 25.6 Å². The standard InChI is InChI=1S/C25H26N4O4/c30-24-12-19(14-26-24)25(31)27-23-13-22(29(28-23)20-7-2-1-3-8-20)18-6-4-5-17(11-18)15-33-21-9-10-32-16-21/h1-8,11,13,19,21H,9-10,12,14-16H2,(H,26,30)(H,27,28,31)/t19-,21+/m0/s1. The van der Waals surface area contributed by atoms with Gasteiger partial charge in [-0.05, 0) is 30.2 Å². The highest BCUT2D eigenvalue weighted by Crippen LogP contribution is 2.28. The number of anilines is 1. The highest BCUT2D eigenvalue weighted by Gasteiger charge is 2.28. The van der Waals surface area contributed by atoms with Gasteiger partial charge in [0, 0.05) is 31.2 Å². The quantitative estimate of drug-likeness (QED) is 0.582. The molecule has 3 heterocycles. The molecule has 8 heteroatoms. The monoisotopic (exact) mass is 446 g/mol. The van der Waals surface area contributed by atoms with Crippen LogP contribution in [0.15, 0.2) is 60.7 Å². The minimum Gasteiger partial charge on any atom is -0.379 e. The van der Waals surface area contributed by atoms with Gasteiger partial charge in [-0.2, -0.15) is 0 Å². The lowest BCUT2D eigenvalue weighted by Crippen LogP contribution is -2.24. The van der Waals surface area contributed by atoms with E-state index >= 15 is 0 Å². The first-order valence-corrected chi connectivity index (χ1v) is 11.2. The average Bonchev–Trinajstić information content (AvgIpc) is 3.60. The van der Waals surface area contributed by atoms with Crippen molar-refractivity contribution in [3.05, 3.63) is 66.2 Å². The molecule has 3 aromatic rings. The van der Waals surface area contributed by atoms with Gasteiger partial charge in [0.15, 0.2) is 5.82 Å². The van der Waals surface area contributed by atoms with Crippen LogP contribution in [0.5, 0.6) is 0 Å². The van der Waals surface area contributed by atoms with E-state index in [2.05, 4.69) is 21.8 Å². The van der Waals surface area contributed by atoms with Crippen LogP contribution < -0.4 is 10.6 Å². The zero-order chi connectivity index (χ0) is 22.6. The Morgan fingerprint density at radius 2 is 2.06 bits per heavy atom. The zero-order valence-corrected chi connectivity index (χ0v) is 18.2. The number of aromatic nitrogens is 2. The van der Waals surface area contributed by atoms with Gasteiger partial charge in [-0.15, -0.1) is 5.10 Å². The third-order valence-electron chi connectivity index (χ3n) is 5.91. The van der Waals surface area contributed by atoms with Crippen molar-refractivity contribution >= 4 is 17.6 Å². The molecular formula is C25H26N4O4. The summed E-state index contributed by atoms with van der Waals surface area (Å²) in [6.07, 6.45) is 1.26. The number of carbonyl (C=O) groups is 2. The fourth-order valence-corrected chi connectivity index (χ4v) is 4.11. The van der Waals surface area contributed by atoms with Crippen LogP contribution in [-0.2, 0) is 25.7 Å². The van der Waals surface area contributed by atoms with Gasteiger partial charge in [0.05, 0.1) is 36.6 Å². The fraction of sp³-hybridized carbons (Fsp3) is 0.320. The van der Waals surface area contributed by atoms with Crippen molar-refractivity contribution in [2.24, 2.45) is 5.92 Å². The van der Waals surface area contributed by atoms with Crippen LogP contribution in [-0.4, -0.2) is 47.5 Å². The molecule has 2 atom stereocenters. The van der Waals surface area contributed by atoms with E-state index in [-0.39, 0.29) is 30.3 Å². The second-order valence-electron chi connectivity index (χ2n) is 8.35. The maximum atomic E-state index is 12.6. The maximum absolute atomic E-state index is 12.6. The summed E-state index contributed by atoms with van der Waals surface area (Å²) in [5.41, 5.74) is 3.76. The second kappa shape index (κ2) is 9.56. The van der Waals surface area contributed by atoms with E-state index in [1.165, 1.54) is 0 Å². The van der Waals surface area contributed by atoms with Crippen molar-refractivity contribution in [2.45, 2.75) is 25.6 Å². The normalized spacial score (nSPS) is 20.1. The summed E-state index contributed by atoms with van der Waals surface area (Å²) in [4.78, 5) is 24.1. The fourth-order valence-electron chi connectivity index (χ4n) is 4.11. The molecule has 0 unspecified atom stereocenters. The Hall–Kier alpha value is -3.49. The van der Waals surface area contributed by atoms with Crippen molar-refractivity contribution in [1.82, 2.24) is 15.1 Å². The van der Waals surface area contributed by atoms with Crippen molar-refractivity contribution in [2.75, 3.05) is 25.1 Å². The lowest BCUT2D eigenvalue weighted by Gasteiger charge is -2.11. The maximum Gasteiger partial charge on any atom is 0.230 e. The van der Waals surface area contributed by atoms with Crippen molar-refractivity contribution in [3.8, 4) is 16.9 Å². The predicted molar refractivity (Wildman–Crippen MR) is 123 cm³/mol. The molecule has 1 aromatic heterocycles. The van der Waals surface area contributed by atoms with Gasteiger partial charge in [-0.1, -0.05) is 36.4 Å². The Balaban J connectivity index is 1.41. The largest absolute Gasteiger partial charge is 0.379 e. The number of carbonyl (C=O) groups excluding carboxylic acids is 2. The first kappa shape index (κ1) is 21.4. The molecule has 2 saturated heterocycles. The van der Waals surface area contributed by atoms with Gasteiger partial charge in [-0.25, -0.2) is 4.68 Å². The van der Waals surface area contributed by atoms with Crippen LogP contribution in [0.4, 0.5) is 5.82 Å². The Bertz CT molecular complexity index is 1140. The molecule has 0 aliphatic carbocycles. The lowest BCUT2D eigenvalue weighted by molar-refractivity contribution is -0.123. The third-order valence-corrected chi connectivity index (χ3v) is 5.91. The van der Waals surface area contributed by atoms with Gasteiger partial charge in [0.1, 0.15) is 0 Å². The zero-order valence-electron chi connectivity index (χ0n) is 18.2. The molecule has 0 spiro atoms. The second-order valence-corrected chi connectivity index (χ2v) is 8.35. The van der Waals surface area contributed by atoms with Crippen LogP contribution in [0.2, 0.25) is 0 Å². The molecular weight excluding hydrogens is 420 g/mol. The summed E-state index contributed by atoms with van der Waals surface area (Å²) in [6, 6.07) is 19.8. The van der Waals surface area contributed by atoms with E-state index in [9.17, 15) is 9.59 Å². The Morgan fingerprint density at radius 3 is 2.82 bits per heavy atom. The molecule has 2 fully saturated rings. The predicted octanol–water partition coefficient (Wildman–Crippen LogP) is 2.92. The molecule has 2 amide bonds. The summed E-state index contributed by atoms with van der Waals surface area (Å²) < 4.78 is 13.2. The number of rotatable bonds is 7. The highest BCUT2D eigenvalue weighted by atomic mass is 16.5. The summed E-state index contributed by atoms with van der Waals surface area (Å²) in [5.74, 6) is -0.252. The summed E-state index contributed by atoms with van der Waals surface area (Å²) in [6.45, 7) is 2.25. The Kier molecular flexibility index (Phi) is 6.19. The SMILES string of the molecule is O=C1C[C@H](C(=O)Nc2cc(-c3cccc(CO[C@@H]4CCOC4)c3)n(-c3ccccc3)n2)CN1. The van der Waals surface area contributed by atoms with Gasteiger partial charge < -0.3 is 20.1 Å². The average molecular weight is 447 g/mol. The molecule has 2 aromatic carbocycles. The van der Waals surface area contributed by atoms with E-state index in [0.717, 1.165) is 35.5 Å². The molecule has 0 saturated carbocycles. The van der Waals surface area contributed by atoms with Gasteiger partial charge >= 0.3 is 0 Å². The van der Waals surface area contributed by atoms with Gasteiger partial charge in [-0.3, -0.25) is 9.59 Å². The number of hydrogen-bond acceptors (Lipinski definition) is 5. The topological polar surface area (TPSA) is 94.5 Å². The van der Waals surface area contributed by atoms with Gasteiger partial charge in [0.2, 0.25) is 11.8 Å². The summed E-state index contributed by atoms with van der Waals surface area (Å²) in [7, 11) is 0. The molecule has 0 bridgehead atoms. The summed E-state index contributed by atoms with van der Waals surface area (Å²) >= 11 is 0. The number of ether oxygens (including phenoxy) is 2. The van der Waals surface area contributed by atoms with E-state index in [1.807, 2.05) is 59.3 Å². The number of nitrogens with zero attached hydrogens (tertiary/aromatic N) is 2. The van der Waals surface area contributed by atoms with Gasteiger partial charge in [0.25, 0.3) is 0 Å². The molecule has 5 rings (SSSR count). The van der Waals surface area contributed by atoms with E-state index < -0.39 is 0 Å². The summed E-state index contributed by atoms with van der Waals surface area (Å²) in [5, 5.41) is 10.2. The Morgan fingerprint density at radius 1 is 1.18 bits per heavy atom. The first-order valence-electron chi connectivity index (χ1n) is 11.2. The molecule has 2 N–H and O–H groups in total. The van der Waals surface area contributed by atoms with Crippen molar-refractivity contribution < 1.29 is 19.1 Å². The Labute approximate surface area is 191 Å². The van der Waals surface area contributed by atoms with Crippen molar-refractivity contribution in [3.63, 3.8) is 0 Å². The smallest absolute Gasteiger partial charge is 0.230 e. The number of hydrogen-bond donors (Lipinski definition) is 2. The number of benzene rings is 2. The van der Waals surface area contributed by atoms with Crippen LogP contribution >= 0.6 is 0 Å². The van der Waals surface area contributed by atoms with E-state index in [4.69, 9.17) is 9.47 Å². The molecule has 2 aliphatic rings. The lowest BCUT2D eigenvalue weighted by atomic mass is 10.1. The minimum absolute atomic E-state index is 0.103. The third kappa shape index (κ3) is 4.97. The van der Waals surface area contributed by atoms with Crippen LogP contribution in [0.25, 0.3) is 16.9 Å². The minimum atomic E-state index is -0.386. The molecule has 170 valence electrons. The first-order chi connectivity index (χ1) is 16.2. The van der Waals surface area contributed by atoms with Crippen LogP contribution in [0, 0.1) is 5.92 Å². The number of amides is 2. The number of nitrogens with one attached hydrogen (secondary N) is 2. The molecule has 0 radical (unpaired) electrons. The molecule has 8 nitrogen and oxygen atoms in total. The number of para-hydroxylation sites is 1. The van der Waals surface area contributed by atoms with E-state index in [1.54, 1.807) is 0 Å². The highest BCUT2D eigenvalue weighted by molar-refractivity contribution is 5.97. The van der Waals surface area contributed by atoms with Crippen LogP contribution in [0.3, 0.4) is 0 Å².